The summed E-state index contributed by atoms with van der Waals surface area (Å²) in [6, 6.07) is 23.1. The molecular weight excluding hydrogens is 593 g/mol. The van der Waals surface area contributed by atoms with E-state index in [1.807, 2.05) is 18.2 Å². The summed E-state index contributed by atoms with van der Waals surface area (Å²) in [5.41, 5.74) is 4.25. The number of nitrogens with zero attached hydrogens (tertiary/aromatic N) is 5. The summed E-state index contributed by atoms with van der Waals surface area (Å²) in [6.07, 6.45) is 14.5. The number of benzene rings is 3. The molecule has 6 rings (SSSR count). The Morgan fingerprint density at radius 1 is 0.756 bits per heavy atom. The van der Waals surface area contributed by atoms with E-state index in [0.717, 1.165) is 56.1 Å². The van der Waals surface area contributed by atoms with Gasteiger partial charge in [0, 0.05) is 23.0 Å². The maximum absolute atomic E-state index is 4.71. The number of anilines is 1. The van der Waals surface area contributed by atoms with Gasteiger partial charge in [-0.3, -0.25) is 0 Å². The minimum atomic E-state index is 0.652. The Bertz CT molecular complexity index is 1700. The molecule has 0 spiro atoms. The Kier molecular flexibility index (Phi) is 11.0. The highest BCUT2D eigenvalue weighted by Gasteiger charge is 2.21. The van der Waals surface area contributed by atoms with Crippen molar-refractivity contribution in [1.82, 2.24) is 4.98 Å². The Hall–Kier alpha value is -3.49. The Morgan fingerprint density at radius 2 is 1.53 bits per heavy atom. The molecule has 3 aromatic carbocycles. The summed E-state index contributed by atoms with van der Waals surface area (Å²) in [6.45, 7) is 5.55. The van der Waals surface area contributed by atoms with Crippen molar-refractivity contribution in [2.45, 2.75) is 84.5 Å². The molecule has 0 unspecified atom stereocenters. The Labute approximate surface area is 275 Å². The second-order valence-electron chi connectivity index (χ2n) is 12.4. The zero-order valence-electron chi connectivity index (χ0n) is 26.5. The largest absolute Gasteiger partial charge is 0.384 e. The number of hydrogen-bond donors (Lipinski definition) is 1. The van der Waals surface area contributed by atoms with Crippen LogP contribution >= 0.6 is 22.7 Å². The molecule has 0 radical (unpaired) electrons. The first-order valence-electron chi connectivity index (χ1n) is 16.8. The van der Waals surface area contributed by atoms with Gasteiger partial charge >= 0.3 is 0 Å². The predicted octanol–water partition coefficient (Wildman–Crippen LogP) is 13.5. The lowest BCUT2D eigenvalue weighted by molar-refractivity contribution is 0.266. The number of unbranched alkanes of at least 4 members (excludes halogenated alkanes) is 3. The van der Waals surface area contributed by atoms with Gasteiger partial charge < -0.3 is 5.32 Å². The number of aromatic nitrogens is 1. The molecule has 6 nitrogen and oxygen atoms in total. The highest BCUT2D eigenvalue weighted by Crippen LogP contribution is 2.40. The summed E-state index contributed by atoms with van der Waals surface area (Å²) >= 11 is 3.06. The van der Waals surface area contributed by atoms with E-state index >= 15 is 0 Å². The second-order valence-corrected chi connectivity index (χ2v) is 14.4. The molecule has 8 heteroatoms. The maximum atomic E-state index is 4.71. The third kappa shape index (κ3) is 8.41. The van der Waals surface area contributed by atoms with Crippen molar-refractivity contribution in [1.29, 1.82) is 0 Å². The first-order valence-corrected chi connectivity index (χ1v) is 18.4. The molecule has 2 heterocycles. The fourth-order valence-corrected chi connectivity index (χ4v) is 8.15. The maximum Gasteiger partial charge on any atom is 0.231 e. The molecule has 234 valence electrons. The van der Waals surface area contributed by atoms with E-state index in [0.29, 0.717) is 5.13 Å². The van der Waals surface area contributed by atoms with Crippen LogP contribution in [0.5, 0.6) is 0 Å². The van der Waals surface area contributed by atoms with Gasteiger partial charge in [0.25, 0.3) is 0 Å². The molecule has 1 saturated carbocycles. The van der Waals surface area contributed by atoms with Crippen LogP contribution in [-0.4, -0.2) is 11.5 Å². The minimum absolute atomic E-state index is 0.652. The van der Waals surface area contributed by atoms with Gasteiger partial charge in [0.05, 0.1) is 16.1 Å². The van der Waals surface area contributed by atoms with Crippen LogP contribution in [-0.2, 0) is 6.42 Å². The van der Waals surface area contributed by atoms with Crippen LogP contribution in [0.3, 0.4) is 0 Å². The average molecular weight is 637 g/mol. The fourth-order valence-electron chi connectivity index (χ4n) is 6.30. The monoisotopic (exact) mass is 636 g/mol. The summed E-state index contributed by atoms with van der Waals surface area (Å²) in [4.78, 5) is 5.63. The molecule has 1 N–H and O–H groups in total. The first-order chi connectivity index (χ1) is 22.2. The number of rotatable bonds is 14. The third-order valence-electron chi connectivity index (χ3n) is 8.99. The lowest BCUT2D eigenvalue weighted by atomic mass is 9.79. The number of nitrogens with one attached hydrogen (secondary N) is 1. The molecule has 0 amide bonds. The predicted molar refractivity (Wildman–Crippen MR) is 193 cm³/mol. The van der Waals surface area contributed by atoms with Crippen molar-refractivity contribution < 1.29 is 0 Å². The van der Waals surface area contributed by atoms with Crippen molar-refractivity contribution in [3.8, 4) is 0 Å². The topological polar surface area (TPSA) is 74.4 Å². The zero-order valence-corrected chi connectivity index (χ0v) is 28.2. The molecule has 0 bridgehead atoms. The molecular formula is C37H44N6S2. The minimum Gasteiger partial charge on any atom is -0.384 e. The van der Waals surface area contributed by atoms with Crippen molar-refractivity contribution in [2.24, 2.45) is 32.3 Å². The quantitative estimate of drug-likeness (QED) is 0.0972. The van der Waals surface area contributed by atoms with E-state index in [4.69, 9.17) is 4.98 Å². The summed E-state index contributed by atoms with van der Waals surface area (Å²) in [5.74, 6) is 1.70. The number of aryl methyl sites for hydroxylation is 1. The number of azo groups is 2. The summed E-state index contributed by atoms with van der Waals surface area (Å²) < 4.78 is 1.05. The van der Waals surface area contributed by atoms with Crippen LogP contribution in [0.15, 0.2) is 87.2 Å². The van der Waals surface area contributed by atoms with Crippen molar-refractivity contribution in [3.05, 3.63) is 72.3 Å². The highest BCUT2D eigenvalue weighted by molar-refractivity contribution is 7.30. The van der Waals surface area contributed by atoms with E-state index in [1.165, 1.54) is 104 Å². The third-order valence-corrected chi connectivity index (χ3v) is 10.9. The SMILES string of the molecule is CCCCCC1CCC(CNc2ccc(N=Nc3nc4sc(N=Nc5ccc(CCCC)cc5)cc4s3)c3ccccc23)CC1. The van der Waals surface area contributed by atoms with Gasteiger partial charge in [-0.05, 0) is 73.4 Å². The van der Waals surface area contributed by atoms with E-state index in [2.05, 4.69) is 88.2 Å². The van der Waals surface area contributed by atoms with Crippen LogP contribution < -0.4 is 5.32 Å². The van der Waals surface area contributed by atoms with E-state index in [1.54, 1.807) is 0 Å². The molecule has 1 aliphatic rings. The molecule has 0 saturated heterocycles. The molecule has 2 aromatic heterocycles. The molecule has 0 aliphatic heterocycles. The van der Waals surface area contributed by atoms with E-state index in [-0.39, 0.29) is 0 Å². The summed E-state index contributed by atoms with van der Waals surface area (Å²) in [7, 11) is 0. The van der Waals surface area contributed by atoms with Crippen LogP contribution in [0, 0.1) is 11.8 Å². The van der Waals surface area contributed by atoms with Gasteiger partial charge in [0.2, 0.25) is 5.13 Å². The average Bonchev–Trinajstić information content (AvgIpc) is 3.64. The second kappa shape index (κ2) is 15.7. The number of thiazole rings is 1. The van der Waals surface area contributed by atoms with Crippen LogP contribution in [0.2, 0.25) is 0 Å². The lowest BCUT2D eigenvalue weighted by Crippen LogP contribution is -2.21. The summed E-state index contributed by atoms with van der Waals surface area (Å²) in [5, 5.41) is 25.6. The number of thiophene rings is 1. The van der Waals surface area contributed by atoms with E-state index in [9.17, 15) is 0 Å². The smallest absolute Gasteiger partial charge is 0.231 e. The van der Waals surface area contributed by atoms with E-state index < -0.39 is 0 Å². The Morgan fingerprint density at radius 3 is 2.31 bits per heavy atom. The van der Waals surface area contributed by atoms with Gasteiger partial charge in [0.15, 0.2) is 0 Å². The van der Waals surface area contributed by atoms with Crippen LogP contribution in [0.1, 0.15) is 83.6 Å². The van der Waals surface area contributed by atoms with Gasteiger partial charge in [-0.25, -0.2) is 4.98 Å². The van der Waals surface area contributed by atoms with Crippen molar-refractivity contribution >= 4 is 70.2 Å². The molecule has 45 heavy (non-hydrogen) atoms. The molecule has 1 fully saturated rings. The van der Waals surface area contributed by atoms with Crippen molar-refractivity contribution in [3.63, 3.8) is 0 Å². The van der Waals surface area contributed by atoms with Gasteiger partial charge in [0.1, 0.15) is 9.83 Å². The first kappa shape index (κ1) is 31.5. The van der Waals surface area contributed by atoms with Crippen LogP contribution in [0.25, 0.3) is 20.3 Å². The van der Waals surface area contributed by atoms with Crippen molar-refractivity contribution in [2.75, 3.05) is 11.9 Å². The standard InChI is InChI=1S/C37H44N6S2/c1-3-5-7-11-27-14-16-28(17-15-27)25-38-32-22-23-33(31-13-9-8-12-30(31)32)41-43-37-39-36-34(44-37)24-35(45-36)42-40-29-20-18-26(19-21-29)10-6-4-2/h8-9,12-13,18-24,27-28,38H,3-7,10-11,14-17,25H2,1-2H3. The molecule has 5 aromatic rings. The van der Waals surface area contributed by atoms with Gasteiger partial charge in [-0.1, -0.05) is 118 Å². The number of hydrogen-bond acceptors (Lipinski definition) is 8. The normalized spacial score (nSPS) is 17.3. The highest BCUT2D eigenvalue weighted by atomic mass is 32.1. The molecule has 1 aliphatic carbocycles. The lowest BCUT2D eigenvalue weighted by Gasteiger charge is -2.29. The molecule has 0 atom stereocenters. The zero-order chi connectivity index (χ0) is 30.8. The fraction of sp³-hybridized carbons (Fsp3) is 0.432. The van der Waals surface area contributed by atoms with Gasteiger partial charge in [-0.2, -0.15) is 0 Å². The van der Waals surface area contributed by atoms with Gasteiger partial charge in [-0.15, -0.1) is 20.5 Å². The Balaban J connectivity index is 1.07. The number of fused-ring (bicyclic) bond motifs is 2. The van der Waals surface area contributed by atoms with Crippen LogP contribution in [0.4, 0.5) is 27.2 Å².